The molecule has 6 nitrogen and oxygen atoms in total. The van der Waals surface area contributed by atoms with Crippen molar-refractivity contribution in [3.63, 3.8) is 0 Å². The second-order valence-electron chi connectivity index (χ2n) is 7.32. The Kier molecular flexibility index (Phi) is 5.62. The Morgan fingerprint density at radius 3 is 2.58 bits per heavy atom. The lowest BCUT2D eigenvalue weighted by Crippen LogP contribution is -2.16. The highest BCUT2D eigenvalue weighted by Gasteiger charge is 2.12. The van der Waals surface area contributed by atoms with Crippen LogP contribution in [0.15, 0.2) is 80.0 Å². The minimum atomic E-state index is -0.376. The van der Waals surface area contributed by atoms with Crippen LogP contribution in [-0.4, -0.2) is 12.6 Å². The summed E-state index contributed by atoms with van der Waals surface area (Å²) >= 11 is 0. The topological polar surface area (TPSA) is 77.0 Å². The molecule has 0 spiro atoms. The van der Waals surface area contributed by atoms with Gasteiger partial charge in [0.2, 0.25) is 5.55 Å². The molecule has 0 unspecified atom stereocenters. The molecule has 0 saturated heterocycles. The van der Waals surface area contributed by atoms with E-state index in [1.165, 1.54) is 0 Å². The van der Waals surface area contributed by atoms with Crippen molar-refractivity contribution in [2.45, 2.75) is 27.7 Å². The lowest BCUT2D eigenvalue weighted by molar-refractivity contribution is -0.138. The molecule has 0 aliphatic heterocycles. The zero-order chi connectivity index (χ0) is 22.0. The van der Waals surface area contributed by atoms with Crippen molar-refractivity contribution in [1.29, 1.82) is 0 Å². The number of esters is 1. The number of allylic oxidation sites excluding steroid dienone is 1. The Bertz CT molecular complexity index is 1360. The minimum absolute atomic E-state index is 0.321. The molecule has 0 saturated carbocycles. The van der Waals surface area contributed by atoms with E-state index in [4.69, 9.17) is 13.6 Å². The van der Waals surface area contributed by atoms with E-state index in [9.17, 15) is 4.79 Å². The predicted octanol–water partition coefficient (Wildman–Crippen LogP) is 5.42. The number of rotatable bonds is 5. The van der Waals surface area contributed by atoms with Crippen LogP contribution in [-0.2, 0) is 9.53 Å². The number of carbonyl (C=O) groups excluding carboxylic acids is 1. The first-order chi connectivity index (χ1) is 15.0. The van der Waals surface area contributed by atoms with Gasteiger partial charge in [-0.3, -0.25) is 5.43 Å². The Hall–Kier alpha value is -3.80. The van der Waals surface area contributed by atoms with Crippen molar-refractivity contribution in [2.75, 3.05) is 6.61 Å². The number of hydrogen-bond donors (Lipinski definition) is 1. The Morgan fingerprint density at radius 2 is 1.84 bits per heavy atom. The molecule has 158 valence electrons. The van der Waals surface area contributed by atoms with Crippen LogP contribution < -0.4 is 11.0 Å². The van der Waals surface area contributed by atoms with Crippen LogP contribution in [0.1, 0.15) is 26.3 Å². The highest BCUT2D eigenvalue weighted by molar-refractivity contribution is 6.01. The van der Waals surface area contributed by atoms with Crippen molar-refractivity contribution in [2.24, 2.45) is 5.10 Å². The second kappa shape index (κ2) is 8.52. The van der Waals surface area contributed by atoms with Gasteiger partial charge in [-0.15, -0.1) is 5.10 Å². The Morgan fingerprint density at radius 1 is 1.06 bits per heavy atom. The largest absolute Gasteiger partial charge is 0.464 e. The van der Waals surface area contributed by atoms with Crippen molar-refractivity contribution in [3.8, 4) is 11.1 Å². The Labute approximate surface area is 179 Å². The van der Waals surface area contributed by atoms with Gasteiger partial charge in [0.1, 0.15) is 11.2 Å². The molecular formula is C25H24N2O4. The maximum Gasteiger partial charge on any atom is 0.335 e. The standard InChI is InChI=1S/C25H24N2O4/c1-5-29-25(28)16(3)17(4)26-27-24-12-20(18-9-7-6-8-10-18)21-11-19-15(2)14-30-22(19)13-23(21)31-24/h6-14,26H,5H2,1-4H3. The van der Waals surface area contributed by atoms with Crippen LogP contribution >= 0.6 is 0 Å². The van der Waals surface area contributed by atoms with Crippen molar-refractivity contribution < 1.29 is 18.4 Å². The van der Waals surface area contributed by atoms with Gasteiger partial charge in [0.05, 0.1) is 18.4 Å². The van der Waals surface area contributed by atoms with E-state index in [2.05, 4.69) is 28.7 Å². The first-order valence-electron chi connectivity index (χ1n) is 10.1. The number of benzene rings is 2. The van der Waals surface area contributed by atoms with Gasteiger partial charge in [0.25, 0.3) is 0 Å². The number of aryl methyl sites for hydroxylation is 1. The van der Waals surface area contributed by atoms with Crippen molar-refractivity contribution in [1.82, 2.24) is 5.43 Å². The molecule has 4 aromatic rings. The molecule has 2 heterocycles. The van der Waals surface area contributed by atoms with Gasteiger partial charge >= 0.3 is 5.97 Å². The summed E-state index contributed by atoms with van der Waals surface area (Å²) in [4.78, 5) is 11.9. The lowest BCUT2D eigenvalue weighted by atomic mass is 10.0. The van der Waals surface area contributed by atoms with E-state index in [1.54, 1.807) is 27.0 Å². The number of hydrogen-bond acceptors (Lipinski definition) is 6. The Balaban J connectivity index is 1.87. The van der Waals surface area contributed by atoms with Crippen LogP contribution in [0, 0.1) is 6.92 Å². The van der Waals surface area contributed by atoms with Crippen LogP contribution in [0.4, 0.5) is 0 Å². The minimum Gasteiger partial charge on any atom is -0.464 e. The molecule has 2 aromatic heterocycles. The molecule has 1 N–H and O–H groups in total. The molecule has 0 fully saturated rings. The number of carbonyl (C=O) groups is 1. The summed E-state index contributed by atoms with van der Waals surface area (Å²) in [6.07, 6.45) is 1.74. The summed E-state index contributed by atoms with van der Waals surface area (Å²) < 4.78 is 16.7. The smallest absolute Gasteiger partial charge is 0.335 e. The molecule has 0 amide bonds. The third-order valence-corrected chi connectivity index (χ3v) is 5.20. The fourth-order valence-electron chi connectivity index (χ4n) is 3.35. The molecule has 0 aliphatic rings. The van der Waals surface area contributed by atoms with Gasteiger partial charge in [0, 0.05) is 28.6 Å². The van der Waals surface area contributed by atoms with Crippen molar-refractivity contribution >= 4 is 27.9 Å². The summed E-state index contributed by atoms with van der Waals surface area (Å²) in [5.74, 6) is -0.376. The highest BCUT2D eigenvalue weighted by Crippen LogP contribution is 2.32. The second-order valence-corrected chi connectivity index (χ2v) is 7.32. The fourth-order valence-corrected chi connectivity index (χ4v) is 3.35. The molecule has 2 aromatic carbocycles. The lowest BCUT2D eigenvalue weighted by Gasteiger charge is -2.08. The summed E-state index contributed by atoms with van der Waals surface area (Å²) in [7, 11) is 0. The SMILES string of the molecule is CCOC(=O)C(C)=C(C)NN=c1cc(-c2ccccc2)c2cc3c(C)coc3cc2o1. The van der Waals surface area contributed by atoms with E-state index in [0.29, 0.717) is 29.0 Å². The highest BCUT2D eigenvalue weighted by atomic mass is 16.5. The maximum absolute atomic E-state index is 11.9. The van der Waals surface area contributed by atoms with Crippen LogP contribution in [0.3, 0.4) is 0 Å². The molecule has 0 bridgehead atoms. The van der Waals surface area contributed by atoms with E-state index in [-0.39, 0.29) is 5.97 Å². The summed E-state index contributed by atoms with van der Waals surface area (Å²) in [6, 6.07) is 15.9. The van der Waals surface area contributed by atoms with E-state index in [1.807, 2.05) is 37.3 Å². The molecule has 0 atom stereocenters. The molecule has 6 heteroatoms. The number of nitrogens with one attached hydrogen (secondary N) is 1. The summed E-state index contributed by atoms with van der Waals surface area (Å²) in [5, 5.41) is 6.40. The van der Waals surface area contributed by atoms with Gasteiger partial charge in [0.15, 0.2) is 0 Å². The van der Waals surface area contributed by atoms with E-state index in [0.717, 1.165) is 33.0 Å². The van der Waals surface area contributed by atoms with Gasteiger partial charge in [-0.25, -0.2) is 4.79 Å². The average Bonchev–Trinajstić information content (AvgIpc) is 3.15. The van der Waals surface area contributed by atoms with E-state index >= 15 is 0 Å². The first kappa shape index (κ1) is 20.5. The molecular weight excluding hydrogens is 392 g/mol. The van der Waals surface area contributed by atoms with Crippen LogP contribution in [0.5, 0.6) is 0 Å². The normalized spacial score (nSPS) is 12.8. The first-order valence-corrected chi connectivity index (χ1v) is 10.1. The molecule has 0 radical (unpaired) electrons. The van der Waals surface area contributed by atoms with E-state index < -0.39 is 0 Å². The maximum atomic E-state index is 11.9. The molecule has 4 rings (SSSR count). The molecule has 31 heavy (non-hydrogen) atoms. The van der Waals surface area contributed by atoms with Gasteiger partial charge < -0.3 is 13.6 Å². The number of fused-ring (bicyclic) bond motifs is 2. The van der Waals surface area contributed by atoms with Gasteiger partial charge in [-0.05, 0) is 50.5 Å². The number of furan rings is 1. The van der Waals surface area contributed by atoms with Crippen LogP contribution in [0.2, 0.25) is 0 Å². The zero-order valence-electron chi connectivity index (χ0n) is 18.0. The van der Waals surface area contributed by atoms with Crippen molar-refractivity contribution in [3.05, 3.63) is 77.2 Å². The third-order valence-electron chi connectivity index (χ3n) is 5.20. The van der Waals surface area contributed by atoms with Gasteiger partial charge in [-0.2, -0.15) is 0 Å². The van der Waals surface area contributed by atoms with Gasteiger partial charge in [-0.1, -0.05) is 30.3 Å². The third kappa shape index (κ3) is 4.10. The number of nitrogens with zero attached hydrogens (tertiary/aromatic N) is 1. The quantitative estimate of drug-likeness (QED) is 0.267. The average molecular weight is 416 g/mol. The molecule has 0 aliphatic carbocycles. The predicted molar refractivity (Wildman–Crippen MR) is 120 cm³/mol. The summed E-state index contributed by atoms with van der Waals surface area (Å²) in [5.41, 5.74) is 8.87. The zero-order valence-corrected chi connectivity index (χ0v) is 18.0. The summed E-state index contributed by atoms with van der Waals surface area (Å²) in [6.45, 7) is 7.57. The van der Waals surface area contributed by atoms with Crippen LogP contribution in [0.25, 0.3) is 33.1 Å². The number of ether oxygens (including phenoxy) is 1. The fraction of sp³-hybridized carbons (Fsp3) is 0.200. The monoisotopic (exact) mass is 416 g/mol.